The van der Waals surface area contributed by atoms with E-state index in [0.29, 0.717) is 44.1 Å². The Hall–Kier alpha value is -2.88. The fourth-order valence-electron chi connectivity index (χ4n) is 3.68. The molecule has 1 aromatic carbocycles. The van der Waals surface area contributed by atoms with E-state index in [9.17, 15) is 13.6 Å². The molecule has 32 heavy (non-hydrogen) atoms. The highest BCUT2D eigenvalue weighted by molar-refractivity contribution is 6.31. The maximum atomic E-state index is 14.5. The summed E-state index contributed by atoms with van der Waals surface area (Å²) in [6.07, 6.45) is 1.45. The molecule has 0 spiro atoms. The van der Waals surface area contributed by atoms with Crippen LogP contribution in [0, 0.1) is 11.6 Å². The number of halogens is 3. The van der Waals surface area contributed by atoms with Crippen LogP contribution in [0.3, 0.4) is 0 Å². The van der Waals surface area contributed by atoms with Crippen LogP contribution in [0.5, 0.6) is 0 Å². The Bertz CT molecular complexity index is 1090. The number of aromatic nitrogens is 1. The summed E-state index contributed by atoms with van der Waals surface area (Å²) in [5, 5.41) is 3.17. The first-order chi connectivity index (χ1) is 15.5. The van der Waals surface area contributed by atoms with Crippen LogP contribution in [0.4, 0.5) is 8.78 Å². The molecule has 10 heteroatoms. The van der Waals surface area contributed by atoms with E-state index in [1.54, 1.807) is 0 Å². The van der Waals surface area contributed by atoms with Crippen molar-refractivity contribution in [3.63, 3.8) is 0 Å². The van der Waals surface area contributed by atoms with Gasteiger partial charge >= 0.3 is 5.97 Å². The van der Waals surface area contributed by atoms with Gasteiger partial charge in [-0.3, -0.25) is 9.89 Å². The van der Waals surface area contributed by atoms with Gasteiger partial charge in [0.1, 0.15) is 17.6 Å². The summed E-state index contributed by atoms with van der Waals surface area (Å²) < 4.78 is 38.7. The van der Waals surface area contributed by atoms with Crippen molar-refractivity contribution < 1.29 is 23.0 Å². The lowest BCUT2D eigenvalue weighted by molar-refractivity contribution is -0.136. The third kappa shape index (κ3) is 4.64. The molecule has 0 radical (unpaired) electrons. The molecule has 1 unspecified atom stereocenters. The SMILES string of the molecule is COC(=O)C1=C(CN2CCOCC2)NC(c2ncccc2F)=NC1c1ccc(F)cc1Cl. The van der Waals surface area contributed by atoms with Crippen molar-refractivity contribution in [2.75, 3.05) is 40.0 Å². The number of hydrogen-bond donors (Lipinski definition) is 1. The average Bonchev–Trinajstić information content (AvgIpc) is 2.79. The number of hydrogen-bond acceptors (Lipinski definition) is 7. The van der Waals surface area contributed by atoms with E-state index in [1.807, 2.05) is 0 Å². The highest BCUT2D eigenvalue weighted by Crippen LogP contribution is 2.36. The van der Waals surface area contributed by atoms with Crippen LogP contribution in [0.25, 0.3) is 0 Å². The Balaban J connectivity index is 1.85. The average molecular weight is 463 g/mol. The normalized spacial score (nSPS) is 19.4. The van der Waals surface area contributed by atoms with E-state index in [0.717, 1.165) is 6.07 Å². The predicted octanol–water partition coefficient (Wildman–Crippen LogP) is 2.86. The Morgan fingerprint density at radius 3 is 2.78 bits per heavy atom. The molecule has 0 bridgehead atoms. The van der Waals surface area contributed by atoms with Gasteiger partial charge in [-0.1, -0.05) is 17.7 Å². The summed E-state index contributed by atoms with van der Waals surface area (Å²) in [4.78, 5) is 23.6. The van der Waals surface area contributed by atoms with Crippen molar-refractivity contribution in [2.45, 2.75) is 6.04 Å². The first kappa shape index (κ1) is 22.3. The molecule has 0 saturated carbocycles. The number of pyridine rings is 1. The predicted molar refractivity (Wildman–Crippen MR) is 114 cm³/mol. The van der Waals surface area contributed by atoms with Gasteiger partial charge in [-0.2, -0.15) is 0 Å². The van der Waals surface area contributed by atoms with Crippen LogP contribution >= 0.6 is 11.6 Å². The standard InChI is InChI=1S/C22H21ClF2N4O3/c1-31-22(30)18-17(12-29-7-9-32-10-8-29)27-21(20-16(25)3-2-6-26-20)28-19(18)14-5-4-13(24)11-15(14)23/h2-6,11,19H,7-10,12H2,1H3,(H,27,28). The van der Waals surface area contributed by atoms with Gasteiger partial charge in [0.25, 0.3) is 0 Å². The fourth-order valence-corrected chi connectivity index (χ4v) is 3.95. The third-order valence-electron chi connectivity index (χ3n) is 5.26. The van der Waals surface area contributed by atoms with Crippen molar-refractivity contribution in [3.8, 4) is 0 Å². The molecule has 1 saturated heterocycles. The second kappa shape index (κ2) is 9.72. The second-order valence-corrected chi connectivity index (χ2v) is 7.68. The van der Waals surface area contributed by atoms with Gasteiger partial charge in [-0.05, 0) is 24.3 Å². The zero-order chi connectivity index (χ0) is 22.7. The smallest absolute Gasteiger partial charge is 0.338 e. The van der Waals surface area contributed by atoms with E-state index >= 15 is 0 Å². The zero-order valence-electron chi connectivity index (χ0n) is 17.3. The zero-order valence-corrected chi connectivity index (χ0v) is 18.0. The molecule has 1 N–H and O–H groups in total. The van der Waals surface area contributed by atoms with Gasteiger partial charge in [0.2, 0.25) is 0 Å². The minimum Gasteiger partial charge on any atom is -0.466 e. The van der Waals surface area contributed by atoms with E-state index in [-0.39, 0.29) is 22.1 Å². The second-order valence-electron chi connectivity index (χ2n) is 7.28. The van der Waals surface area contributed by atoms with Gasteiger partial charge in [0, 0.05) is 42.1 Å². The van der Waals surface area contributed by atoms with Crippen molar-refractivity contribution in [2.24, 2.45) is 4.99 Å². The molecule has 7 nitrogen and oxygen atoms in total. The number of rotatable bonds is 5. The van der Waals surface area contributed by atoms with E-state index in [2.05, 4.69) is 20.2 Å². The van der Waals surface area contributed by atoms with Crippen LogP contribution in [0.1, 0.15) is 17.3 Å². The lowest BCUT2D eigenvalue weighted by Gasteiger charge is -2.32. The van der Waals surface area contributed by atoms with Crippen LogP contribution in [-0.4, -0.2) is 61.6 Å². The summed E-state index contributed by atoms with van der Waals surface area (Å²) in [6.45, 7) is 2.78. The number of esters is 1. The molecule has 2 aromatic rings. The fraction of sp³-hybridized carbons (Fsp3) is 0.318. The first-order valence-electron chi connectivity index (χ1n) is 10.00. The Labute approximate surface area is 188 Å². The van der Waals surface area contributed by atoms with E-state index in [1.165, 1.54) is 37.6 Å². The molecular weight excluding hydrogens is 442 g/mol. The number of amidine groups is 1. The number of benzene rings is 1. The molecule has 1 aromatic heterocycles. The summed E-state index contributed by atoms with van der Waals surface area (Å²) in [5.41, 5.74) is 1.09. The summed E-state index contributed by atoms with van der Waals surface area (Å²) >= 11 is 6.32. The van der Waals surface area contributed by atoms with Crippen LogP contribution in [-0.2, 0) is 14.3 Å². The van der Waals surface area contributed by atoms with Gasteiger partial charge in [0.05, 0.1) is 25.9 Å². The number of aliphatic imine (C=N–C) groups is 1. The minimum absolute atomic E-state index is 0.000808. The summed E-state index contributed by atoms with van der Waals surface area (Å²) in [5.74, 6) is -1.57. The molecule has 0 amide bonds. The molecule has 3 heterocycles. The van der Waals surface area contributed by atoms with Crippen molar-refractivity contribution in [3.05, 3.63) is 75.7 Å². The maximum Gasteiger partial charge on any atom is 0.338 e. The van der Waals surface area contributed by atoms with Gasteiger partial charge in [0.15, 0.2) is 11.7 Å². The lowest BCUT2D eigenvalue weighted by atomic mass is 9.94. The molecule has 2 aliphatic rings. The largest absolute Gasteiger partial charge is 0.466 e. The number of nitrogens with one attached hydrogen (secondary N) is 1. The Morgan fingerprint density at radius 1 is 1.31 bits per heavy atom. The summed E-state index contributed by atoms with van der Waals surface area (Å²) in [6, 6.07) is 5.64. The van der Waals surface area contributed by atoms with Gasteiger partial charge < -0.3 is 14.8 Å². The molecule has 4 rings (SSSR count). The van der Waals surface area contributed by atoms with Crippen LogP contribution in [0.2, 0.25) is 5.02 Å². The van der Waals surface area contributed by atoms with Crippen LogP contribution < -0.4 is 5.32 Å². The summed E-state index contributed by atoms with van der Waals surface area (Å²) in [7, 11) is 1.27. The van der Waals surface area contributed by atoms with Crippen molar-refractivity contribution in [1.82, 2.24) is 15.2 Å². The number of carbonyl (C=O) groups excluding carboxylic acids is 1. The highest BCUT2D eigenvalue weighted by Gasteiger charge is 2.34. The number of morpholine rings is 1. The maximum absolute atomic E-state index is 14.5. The monoisotopic (exact) mass is 462 g/mol. The highest BCUT2D eigenvalue weighted by atomic mass is 35.5. The number of ether oxygens (including phenoxy) is 2. The van der Waals surface area contributed by atoms with Crippen molar-refractivity contribution >= 4 is 23.4 Å². The van der Waals surface area contributed by atoms with E-state index < -0.39 is 23.6 Å². The van der Waals surface area contributed by atoms with Gasteiger partial charge in [-0.25, -0.2) is 18.6 Å². The molecular formula is C22H21ClF2N4O3. The van der Waals surface area contributed by atoms with E-state index in [4.69, 9.17) is 21.1 Å². The number of nitrogens with zero attached hydrogens (tertiary/aromatic N) is 3. The number of carbonyl (C=O) groups is 1. The molecule has 1 fully saturated rings. The molecule has 1 atom stereocenters. The topological polar surface area (TPSA) is 76.0 Å². The molecule has 2 aliphatic heterocycles. The lowest BCUT2D eigenvalue weighted by Crippen LogP contribution is -2.43. The Morgan fingerprint density at radius 2 is 2.09 bits per heavy atom. The van der Waals surface area contributed by atoms with Crippen molar-refractivity contribution in [1.29, 1.82) is 0 Å². The Kier molecular flexibility index (Phi) is 6.78. The number of methoxy groups -OCH3 is 1. The quantitative estimate of drug-likeness (QED) is 0.689. The molecule has 168 valence electrons. The third-order valence-corrected chi connectivity index (χ3v) is 5.58. The van der Waals surface area contributed by atoms with Gasteiger partial charge in [-0.15, -0.1) is 0 Å². The minimum atomic E-state index is -0.941. The molecule has 0 aliphatic carbocycles. The first-order valence-corrected chi connectivity index (χ1v) is 10.4. The van der Waals surface area contributed by atoms with Crippen LogP contribution in [0.15, 0.2) is 52.8 Å².